The molecule has 0 fully saturated rings. The van der Waals surface area contributed by atoms with E-state index in [1.165, 1.54) is 27.8 Å². The predicted molar refractivity (Wildman–Crippen MR) is 96.1 cm³/mol. The fraction of sp³-hybridized carbons (Fsp3) is 0.364. The first-order valence-electron chi connectivity index (χ1n) is 8.17. The normalized spacial score (nSPS) is 20.6. The van der Waals surface area contributed by atoms with E-state index >= 15 is 0 Å². The van der Waals surface area contributed by atoms with Crippen molar-refractivity contribution in [3.05, 3.63) is 82.0 Å². The minimum absolute atomic E-state index is 0. The number of ether oxygens (including phenoxy) is 1. The molecule has 2 aliphatic rings. The van der Waals surface area contributed by atoms with Gasteiger partial charge in [-0.1, -0.05) is 50.6 Å². The fourth-order valence-corrected chi connectivity index (χ4v) is 3.62. The van der Waals surface area contributed by atoms with Crippen LogP contribution in [0.25, 0.3) is 0 Å². The number of rotatable bonds is 2. The van der Waals surface area contributed by atoms with Crippen molar-refractivity contribution in [1.29, 1.82) is 0 Å². The van der Waals surface area contributed by atoms with Crippen LogP contribution >= 0.6 is 0 Å². The number of hydrogen-bond acceptors (Lipinski definition) is 1. The van der Waals surface area contributed by atoms with Crippen molar-refractivity contribution in [2.24, 2.45) is 5.41 Å². The van der Waals surface area contributed by atoms with Crippen LogP contribution in [0.1, 0.15) is 37.5 Å². The molecular formula is C22H25Cl2OZr. The molecule has 0 aromatic heterocycles. The largest absolute Gasteiger partial charge is 3.00 e. The van der Waals surface area contributed by atoms with E-state index in [-0.39, 0.29) is 56.4 Å². The van der Waals surface area contributed by atoms with E-state index in [4.69, 9.17) is 4.74 Å². The molecule has 1 unspecified atom stereocenters. The molecule has 1 aromatic rings. The van der Waals surface area contributed by atoms with Crippen molar-refractivity contribution in [2.45, 2.75) is 40.2 Å². The zero-order valence-corrected chi connectivity index (χ0v) is 20.2. The van der Waals surface area contributed by atoms with Crippen LogP contribution in [0.3, 0.4) is 0 Å². The van der Waals surface area contributed by atoms with E-state index in [1.54, 1.807) is 0 Å². The van der Waals surface area contributed by atoms with Crippen LogP contribution in [0.2, 0.25) is 0 Å². The summed E-state index contributed by atoms with van der Waals surface area (Å²) >= 11 is 0. The maximum absolute atomic E-state index is 6.23. The third-order valence-corrected chi connectivity index (χ3v) is 5.00. The Morgan fingerprint density at radius 3 is 2.31 bits per heavy atom. The molecule has 0 saturated heterocycles. The number of benzene rings is 1. The van der Waals surface area contributed by atoms with E-state index in [0.29, 0.717) is 0 Å². The molecule has 0 N–H and O–H groups in total. The van der Waals surface area contributed by atoms with Gasteiger partial charge in [0.2, 0.25) is 0 Å². The Kier molecular flexibility index (Phi) is 9.06. The summed E-state index contributed by atoms with van der Waals surface area (Å²) < 4.78 is 6.23. The quantitative estimate of drug-likeness (QED) is 0.526. The molecule has 4 heteroatoms. The van der Waals surface area contributed by atoms with Crippen molar-refractivity contribution in [3.8, 4) is 0 Å². The summed E-state index contributed by atoms with van der Waals surface area (Å²) in [5, 5.41) is 0. The van der Waals surface area contributed by atoms with Gasteiger partial charge in [-0.2, -0.15) is 17.7 Å². The summed E-state index contributed by atoms with van der Waals surface area (Å²) in [5.74, 6) is 0. The minimum Gasteiger partial charge on any atom is -1.00 e. The Morgan fingerprint density at radius 2 is 1.73 bits per heavy atom. The molecule has 1 radical (unpaired) electrons. The Hall–Kier alpha value is -0.397. The van der Waals surface area contributed by atoms with Crippen LogP contribution in [0.15, 0.2) is 59.2 Å². The summed E-state index contributed by atoms with van der Waals surface area (Å²) in [5.41, 5.74) is 6.91. The molecule has 1 nitrogen and oxygen atoms in total. The van der Waals surface area contributed by atoms with Gasteiger partial charge in [-0.05, 0) is 36.0 Å². The molecule has 1 atom stereocenters. The maximum Gasteiger partial charge on any atom is 3.00 e. The average Bonchev–Trinajstić information content (AvgIpc) is 2.94. The summed E-state index contributed by atoms with van der Waals surface area (Å²) in [7, 11) is 1.81. The monoisotopic (exact) mass is 465 g/mol. The summed E-state index contributed by atoms with van der Waals surface area (Å²) in [6.07, 6.45) is 12.0. The molecular weight excluding hydrogens is 442 g/mol. The number of allylic oxidation sites excluding steroid dienone is 6. The summed E-state index contributed by atoms with van der Waals surface area (Å²) in [6, 6.07) is 6.48. The van der Waals surface area contributed by atoms with Crippen molar-refractivity contribution >= 4 is 0 Å². The Bertz CT molecular complexity index is 782. The van der Waals surface area contributed by atoms with Crippen molar-refractivity contribution in [2.75, 3.05) is 7.11 Å². The topological polar surface area (TPSA) is 9.23 Å². The first-order chi connectivity index (χ1) is 10.8. The van der Waals surface area contributed by atoms with Gasteiger partial charge in [0.25, 0.3) is 0 Å². The van der Waals surface area contributed by atoms with Gasteiger partial charge >= 0.3 is 26.2 Å². The number of fused-ring (bicyclic) bond motifs is 1. The van der Waals surface area contributed by atoms with Gasteiger partial charge < -0.3 is 29.6 Å². The summed E-state index contributed by atoms with van der Waals surface area (Å²) in [6.45, 7) is 11.1. The first kappa shape index (κ1) is 25.6. The van der Waals surface area contributed by atoms with Crippen LogP contribution in [0.5, 0.6) is 0 Å². The van der Waals surface area contributed by atoms with Crippen molar-refractivity contribution < 1.29 is 55.8 Å². The number of hydrogen-bond donors (Lipinski definition) is 0. The predicted octanol–water partition coefficient (Wildman–Crippen LogP) is -0.637. The molecule has 0 bridgehead atoms. The standard InChI is InChI=1S/C22H25O.2ClH.Zr/c1-15-9-7-12-19(16(15)2)22(23-6)14-18-11-8-10-17(18)13-20(22)21(3,4)5;;;/h7-9,11-14H,1-6H3;2*1H;/q-1;;;+3/p-2. The molecule has 3 rings (SSSR count). The van der Waals surface area contributed by atoms with Crippen LogP contribution in [-0.4, -0.2) is 7.11 Å². The van der Waals surface area contributed by atoms with Gasteiger partial charge in [-0.15, -0.1) is 17.7 Å². The second-order valence-electron chi connectivity index (χ2n) is 7.49. The van der Waals surface area contributed by atoms with Crippen LogP contribution in [-0.2, 0) is 36.5 Å². The minimum atomic E-state index is -0.524. The van der Waals surface area contributed by atoms with E-state index < -0.39 is 5.60 Å². The van der Waals surface area contributed by atoms with Gasteiger partial charge in [-0.25, -0.2) is 0 Å². The molecule has 0 amide bonds. The van der Waals surface area contributed by atoms with Crippen LogP contribution < -0.4 is 24.8 Å². The van der Waals surface area contributed by atoms with Gasteiger partial charge in [0.05, 0.1) is 0 Å². The molecule has 0 aliphatic heterocycles. The number of aryl methyl sites for hydroxylation is 1. The van der Waals surface area contributed by atoms with Gasteiger partial charge in [-0.3, -0.25) is 0 Å². The zero-order valence-electron chi connectivity index (χ0n) is 16.2. The summed E-state index contributed by atoms with van der Waals surface area (Å²) in [4.78, 5) is 0. The smallest absolute Gasteiger partial charge is 1.00 e. The Morgan fingerprint density at radius 1 is 1.08 bits per heavy atom. The number of methoxy groups -OCH3 is 1. The van der Waals surface area contributed by atoms with E-state index in [9.17, 15) is 0 Å². The maximum atomic E-state index is 6.23. The second-order valence-corrected chi connectivity index (χ2v) is 7.49. The zero-order chi connectivity index (χ0) is 16.8. The molecule has 0 saturated carbocycles. The van der Waals surface area contributed by atoms with Gasteiger partial charge in [0, 0.05) is 7.11 Å². The number of halogens is 2. The van der Waals surface area contributed by atoms with Crippen molar-refractivity contribution in [3.63, 3.8) is 0 Å². The first-order valence-corrected chi connectivity index (χ1v) is 8.17. The van der Waals surface area contributed by atoms with Gasteiger partial charge in [0.1, 0.15) is 5.60 Å². The third kappa shape index (κ3) is 4.20. The molecule has 26 heavy (non-hydrogen) atoms. The van der Waals surface area contributed by atoms with Crippen LogP contribution in [0, 0.1) is 25.3 Å². The molecule has 0 heterocycles. The Balaban J connectivity index is 0.00000208. The van der Waals surface area contributed by atoms with Gasteiger partial charge in [0.15, 0.2) is 0 Å². The fourth-order valence-electron chi connectivity index (χ4n) is 3.62. The van der Waals surface area contributed by atoms with E-state index in [0.717, 1.165) is 5.57 Å². The molecule has 137 valence electrons. The average molecular weight is 468 g/mol. The van der Waals surface area contributed by atoms with E-state index in [2.05, 4.69) is 77.1 Å². The van der Waals surface area contributed by atoms with Crippen LogP contribution in [0.4, 0.5) is 0 Å². The SMILES string of the molecule is COC1(c2cccc(C)c2C)C=C2C=C[C-]=C2C=C1C(C)(C)C.[Cl-].[Cl-].[Zr+3]. The molecule has 0 spiro atoms. The van der Waals surface area contributed by atoms with Crippen molar-refractivity contribution in [1.82, 2.24) is 0 Å². The second kappa shape index (κ2) is 9.20. The Labute approximate surface area is 189 Å². The molecule has 2 aliphatic carbocycles. The third-order valence-electron chi connectivity index (χ3n) is 5.00. The van der Waals surface area contributed by atoms with E-state index in [1.807, 2.05) is 13.2 Å². The molecule has 1 aromatic carbocycles.